The molecule has 0 aliphatic carbocycles. The van der Waals surface area contributed by atoms with E-state index in [1.54, 1.807) is 0 Å². The van der Waals surface area contributed by atoms with Crippen LogP contribution in [-0.4, -0.2) is 6.54 Å². The summed E-state index contributed by atoms with van der Waals surface area (Å²) in [7, 11) is 0. The molecule has 0 spiro atoms. The van der Waals surface area contributed by atoms with E-state index in [4.69, 9.17) is 0 Å². The molecule has 20 heavy (non-hydrogen) atoms. The highest BCUT2D eigenvalue weighted by atomic mass is 79.9. The first kappa shape index (κ1) is 15.7. The van der Waals surface area contributed by atoms with Gasteiger partial charge in [-0.1, -0.05) is 47.1 Å². The maximum absolute atomic E-state index is 3.75. The minimum atomic E-state index is 0.423. The average Bonchev–Trinajstić information content (AvgIpc) is 2.96. The van der Waals surface area contributed by atoms with Crippen LogP contribution in [0.15, 0.2) is 40.2 Å². The van der Waals surface area contributed by atoms with E-state index < -0.39 is 0 Å². The van der Waals surface area contributed by atoms with Crippen molar-refractivity contribution in [3.05, 3.63) is 56.2 Å². The Balaban J connectivity index is 2.11. The number of benzene rings is 1. The van der Waals surface area contributed by atoms with Crippen molar-refractivity contribution in [3.63, 3.8) is 0 Å². The molecule has 0 aliphatic rings. The maximum Gasteiger partial charge on any atom is 0.0334 e. The van der Waals surface area contributed by atoms with Crippen molar-refractivity contribution >= 4 is 27.3 Å². The summed E-state index contributed by atoms with van der Waals surface area (Å²) in [6, 6.07) is 11.3. The van der Waals surface area contributed by atoms with Crippen LogP contribution in [0.25, 0.3) is 0 Å². The molecule has 0 saturated carbocycles. The highest BCUT2D eigenvalue weighted by molar-refractivity contribution is 9.10. The van der Waals surface area contributed by atoms with Crippen LogP contribution in [0.3, 0.4) is 0 Å². The molecule has 3 heteroatoms. The number of hydrogen-bond donors (Lipinski definition) is 1. The monoisotopic (exact) mass is 351 g/mol. The van der Waals surface area contributed by atoms with Crippen molar-refractivity contribution in [1.82, 2.24) is 5.32 Å². The highest BCUT2D eigenvalue weighted by Crippen LogP contribution is 2.29. The lowest BCUT2D eigenvalue weighted by atomic mass is 9.99. The summed E-state index contributed by atoms with van der Waals surface area (Å²) in [6.45, 7) is 5.44. The van der Waals surface area contributed by atoms with Gasteiger partial charge in [-0.3, -0.25) is 0 Å². The van der Waals surface area contributed by atoms with Crippen molar-refractivity contribution in [3.8, 4) is 0 Å². The first-order valence-electron chi connectivity index (χ1n) is 7.23. The topological polar surface area (TPSA) is 12.0 Å². The predicted octanol–water partition coefficient (Wildman–Crippen LogP) is 5.49. The van der Waals surface area contributed by atoms with Gasteiger partial charge in [0.25, 0.3) is 0 Å². The molecule has 0 fully saturated rings. The van der Waals surface area contributed by atoms with E-state index >= 15 is 0 Å². The smallest absolute Gasteiger partial charge is 0.0334 e. The second kappa shape index (κ2) is 7.96. The quantitative estimate of drug-likeness (QED) is 0.694. The predicted molar refractivity (Wildman–Crippen MR) is 92.6 cm³/mol. The zero-order valence-electron chi connectivity index (χ0n) is 12.2. The third kappa shape index (κ3) is 4.18. The first-order valence-corrected chi connectivity index (χ1v) is 8.90. The van der Waals surface area contributed by atoms with Gasteiger partial charge in [-0.25, -0.2) is 0 Å². The molecule has 108 valence electrons. The second-order valence-electron chi connectivity index (χ2n) is 5.10. The Morgan fingerprint density at radius 3 is 2.80 bits per heavy atom. The van der Waals surface area contributed by atoms with Crippen LogP contribution in [-0.2, 0) is 6.42 Å². The van der Waals surface area contributed by atoms with E-state index in [9.17, 15) is 0 Å². The number of rotatable bonds is 7. The Hall–Kier alpha value is -0.640. The number of halogens is 1. The van der Waals surface area contributed by atoms with Crippen molar-refractivity contribution < 1.29 is 0 Å². The Kier molecular flexibility index (Phi) is 6.27. The van der Waals surface area contributed by atoms with Gasteiger partial charge in [0.2, 0.25) is 0 Å². The van der Waals surface area contributed by atoms with Gasteiger partial charge in [0.05, 0.1) is 0 Å². The van der Waals surface area contributed by atoms with Crippen molar-refractivity contribution in [2.75, 3.05) is 6.54 Å². The SMILES string of the molecule is CCCNC(CCc1cccs1)c1cccc(C)c1Br. The third-order valence-electron chi connectivity index (χ3n) is 3.50. The lowest BCUT2D eigenvalue weighted by Crippen LogP contribution is -2.23. The Labute approximate surface area is 134 Å². The molecule has 1 heterocycles. The molecule has 1 atom stereocenters. The van der Waals surface area contributed by atoms with E-state index in [1.165, 1.54) is 26.9 Å². The molecule has 1 N–H and O–H groups in total. The summed E-state index contributed by atoms with van der Waals surface area (Å²) in [5, 5.41) is 5.85. The fourth-order valence-electron chi connectivity index (χ4n) is 2.37. The van der Waals surface area contributed by atoms with Crippen LogP contribution in [0.1, 0.15) is 41.8 Å². The van der Waals surface area contributed by atoms with Crippen molar-refractivity contribution in [1.29, 1.82) is 0 Å². The molecule has 0 bridgehead atoms. The van der Waals surface area contributed by atoms with Crippen molar-refractivity contribution in [2.45, 2.75) is 39.2 Å². The third-order valence-corrected chi connectivity index (χ3v) is 5.52. The molecular weight excluding hydrogens is 330 g/mol. The highest BCUT2D eigenvalue weighted by Gasteiger charge is 2.15. The van der Waals surface area contributed by atoms with E-state index in [2.05, 4.69) is 70.8 Å². The second-order valence-corrected chi connectivity index (χ2v) is 6.93. The van der Waals surface area contributed by atoms with E-state index in [0.717, 1.165) is 19.4 Å². The largest absolute Gasteiger partial charge is 0.310 e. The summed E-state index contributed by atoms with van der Waals surface area (Å²) in [5.41, 5.74) is 2.69. The van der Waals surface area contributed by atoms with Crippen LogP contribution in [0, 0.1) is 6.92 Å². The molecular formula is C17H22BrNS. The van der Waals surface area contributed by atoms with Gasteiger partial charge in [-0.2, -0.15) is 0 Å². The molecule has 0 amide bonds. The van der Waals surface area contributed by atoms with Gasteiger partial charge in [0.1, 0.15) is 0 Å². The summed E-state index contributed by atoms with van der Waals surface area (Å²) < 4.78 is 1.25. The van der Waals surface area contributed by atoms with E-state index in [-0.39, 0.29) is 0 Å². The van der Waals surface area contributed by atoms with Crippen LogP contribution in [0.4, 0.5) is 0 Å². The summed E-state index contributed by atoms with van der Waals surface area (Å²) >= 11 is 5.61. The van der Waals surface area contributed by atoms with Crippen LogP contribution >= 0.6 is 27.3 Å². The fourth-order valence-corrected chi connectivity index (χ4v) is 3.63. The molecule has 1 unspecified atom stereocenters. The number of aryl methyl sites for hydroxylation is 2. The average molecular weight is 352 g/mol. The van der Waals surface area contributed by atoms with Gasteiger partial charge in [0.15, 0.2) is 0 Å². The number of thiophene rings is 1. The van der Waals surface area contributed by atoms with Crippen molar-refractivity contribution in [2.24, 2.45) is 0 Å². The molecule has 1 aromatic carbocycles. The van der Waals surface area contributed by atoms with Gasteiger partial charge < -0.3 is 5.32 Å². The summed E-state index contributed by atoms with van der Waals surface area (Å²) in [6.07, 6.45) is 3.45. The van der Waals surface area contributed by atoms with E-state index in [1.807, 2.05) is 11.3 Å². The number of hydrogen-bond acceptors (Lipinski definition) is 2. The molecule has 1 aromatic heterocycles. The maximum atomic E-state index is 3.75. The number of nitrogens with one attached hydrogen (secondary N) is 1. The normalized spacial score (nSPS) is 12.6. The minimum absolute atomic E-state index is 0.423. The van der Waals surface area contributed by atoms with Crippen LogP contribution < -0.4 is 5.32 Å². The fraction of sp³-hybridized carbons (Fsp3) is 0.412. The summed E-state index contributed by atoms with van der Waals surface area (Å²) in [5.74, 6) is 0. The molecule has 0 aliphatic heterocycles. The molecule has 0 radical (unpaired) electrons. The zero-order valence-corrected chi connectivity index (χ0v) is 14.6. The van der Waals surface area contributed by atoms with Gasteiger partial charge >= 0.3 is 0 Å². The standard InChI is InChI=1S/C17H22BrNS/c1-3-11-19-16(10-9-14-7-5-12-20-14)15-8-4-6-13(2)17(15)18/h4-8,12,16,19H,3,9-11H2,1-2H3. The lowest BCUT2D eigenvalue weighted by Gasteiger charge is -2.21. The zero-order chi connectivity index (χ0) is 14.4. The van der Waals surface area contributed by atoms with E-state index in [0.29, 0.717) is 6.04 Å². The lowest BCUT2D eigenvalue weighted by molar-refractivity contribution is 0.499. The van der Waals surface area contributed by atoms with Gasteiger partial charge in [-0.05, 0) is 55.3 Å². The Morgan fingerprint density at radius 2 is 2.10 bits per heavy atom. The van der Waals surface area contributed by atoms with Gasteiger partial charge in [-0.15, -0.1) is 11.3 Å². The Morgan fingerprint density at radius 1 is 1.25 bits per heavy atom. The Bertz CT molecular complexity index is 522. The summed E-state index contributed by atoms with van der Waals surface area (Å²) in [4.78, 5) is 1.47. The molecule has 2 aromatic rings. The molecule has 2 rings (SSSR count). The molecule has 1 nitrogen and oxygen atoms in total. The van der Waals surface area contributed by atoms with Crippen LogP contribution in [0.2, 0.25) is 0 Å². The van der Waals surface area contributed by atoms with Crippen LogP contribution in [0.5, 0.6) is 0 Å². The minimum Gasteiger partial charge on any atom is -0.310 e. The first-order chi connectivity index (χ1) is 9.72. The molecule has 0 saturated heterocycles. The van der Waals surface area contributed by atoms with Gasteiger partial charge in [0, 0.05) is 15.4 Å².